The summed E-state index contributed by atoms with van der Waals surface area (Å²) in [4.78, 5) is 12.1. The number of rotatable bonds is 5. The van der Waals surface area contributed by atoms with Crippen molar-refractivity contribution < 1.29 is 17.9 Å². The van der Waals surface area contributed by atoms with Crippen molar-refractivity contribution in [1.29, 1.82) is 0 Å². The first-order chi connectivity index (χ1) is 8.34. The summed E-state index contributed by atoms with van der Waals surface area (Å²) in [6, 6.07) is 6.21. The number of ether oxygens (including phenoxy) is 1. The van der Waals surface area contributed by atoms with E-state index in [0.717, 1.165) is 4.90 Å². The van der Waals surface area contributed by atoms with E-state index in [2.05, 4.69) is 4.74 Å². The van der Waals surface area contributed by atoms with Gasteiger partial charge in [-0.05, 0) is 24.3 Å². The number of methoxy groups -OCH3 is 1. The molecule has 1 aromatic rings. The second kappa shape index (κ2) is 6.21. The number of carbonyl (C=O) groups excluding carboxylic acids is 1. The highest BCUT2D eigenvalue weighted by molar-refractivity contribution is 7.99. The lowest BCUT2D eigenvalue weighted by atomic mass is 10.2. The third-order valence-corrected chi connectivity index (χ3v) is 4.46. The fourth-order valence-electron chi connectivity index (χ4n) is 1.22. The van der Waals surface area contributed by atoms with Gasteiger partial charge in [-0.2, -0.15) is 0 Å². The van der Waals surface area contributed by atoms with Crippen molar-refractivity contribution in [3.63, 3.8) is 0 Å². The average Bonchev–Trinajstić information content (AvgIpc) is 2.34. The zero-order chi connectivity index (χ0) is 13.8. The van der Waals surface area contributed by atoms with E-state index >= 15 is 0 Å². The van der Waals surface area contributed by atoms with Crippen LogP contribution >= 0.6 is 11.8 Å². The van der Waals surface area contributed by atoms with E-state index in [9.17, 15) is 13.2 Å². The van der Waals surface area contributed by atoms with Crippen LogP contribution in [-0.2, 0) is 19.6 Å². The van der Waals surface area contributed by atoms with Gasteiger partial charge in [-0.1, -0.05) is 6.92 Å². The summed E-state index contributed by atoms with van der Waals surface area (Å²) in [7, 11) is -2.30. The van der Waals surface area contributed by atoms with E-state index in [1.807, 2.05) is 0 Å². The fourth-order valence-corrected chi connectivity index (χ4v) is 2.64. The van der Waals surface area contributed by atoms with Crippen LogP contribution in [0.3, 0.4) is 0 Å². The van der Waals surface area contributed by atoms with Crippen molar-refractivity contribution in [2.24, 2.45) is 11.1 Å². The molecule has 0 heterocycles. The quantitative estimate of drug-likeness (QED) is 0.651. The molecule has 1 rings (SSSR count). The Balaban J connectivity index is 2.63. The third-order valence-electron chi connectivity index (χ3n) is 2.26. The molecular formula is C11H15NO4S2. The summed E-state index contributed by atoms with van der Waals surface area (Å²) in [6.45, 7) is 1.78. The lowest BCUT2D eigenvalue weighted by Crippen LogP contribution is -2.14. The molecule has 0 aliphatic heterocycles. The Morgan fingerprint density at radius 1 is 1.39 bits per heavy atom. The number of thioether (sulfide) groups is 1. The van der Waals surface area contributed by atoms with Gasteiger partial charge in [-0.25, -0.2) is 13.6 Å². The number of primary sulfonamides is 1. The fraction of sp³-hybridized carbons (Fsp3) is 0.364. The smallest absolute Gasteiger partial charge is 0.309 e. The van der Waals surface area contributed by atoms with Gasteiger partial charge in [0.2, 0.25) is 10.0 Å². The average molecular weight is 289 g/mol. The van der Waals surface area contributed by atoms with Crippen LogP contribution in [0.25, 0.3) is 0 Å². The molecule has 0 saturated carbocycles. The van der Waals surface area contributed by atoms with Gasteiger partial charge in [0, 0.05) is 10.6 Å². The van der Waals surface area contributed by atoms with Gasteiger partial charge in [-0.15, -0.1) is 11.8 Å². The minimum Gasteiger partial charge on any atom is -0.469 e. The van der Waals surface area contributed by atoms with Gasteiger partial charge in [0.25, 0.3) is 0 Å². The molecule has 1 atom stereocenters. The van der Waals surface area contributed by atoms with Crippen molar-refractivity contribution in [3.8, 4) is 0 Å². The molecule has 0 radical (unpaired) electrons. The zero-order valence-electron chi connectivity index (χ0n) is 10.1. The van der Waals surface area contributed by atoms with Gasteiger partial charge < -0.3 is 4.74 Å². The van der Waals surface area contributed by atoms with Crippen molar-refractivity contribution in [2.75, 3.05) is 12.9 Å². The van der Waals surface area contributed by atoms with E-state index in [0.29, 0.717) is 5.75 Å². The molecule has 0 aliphatic carbocycles. The van der Waals surface area contributed by atoms with Crippen molar-refractivity contribution >= 4 is 27.8 Å². The normalized spacial score (nSPS) is 13.1. The predicted molar refractivity (Wildman–Crippen MR) is 69.7 cm³/mol. The molecule has 0 saturated heterocycles. The number of sulfonamides is 1. The van der Waals surface area contributed by atoms with E-state index in [1.54, 1.807) is 19.1 Å². The van der Waals surface area contributed by atoms with Crippen LogP contribution in [0, 0.1) is 5.92 Å². The summed E-state index contributed by atoms with van der Waals surface area (Å²) in [6.07, 6.45) is 0. The Labute approximate surface area is 111 Å². The van der Waals surface area contributed by atoms with Gasteiger partial charge in [0.1, 0.15) is 0 Å². The standard InChI is InChI=1S/C11H15NO4S2/c1-8(11(13)16-2)7-17-9-3-5-10(6-4-9)18(12,14)15/h3-6,8H,7H2,1-2H3,(H2,12,14,15). The summed E-state index contributed by atoms with van der Waals surface area (Å²) >= 11 is 1.46. The minimum absolute atomic E-state index is 0.0767. The number of carbonyl (C=O) groups is 1. The van der Waals surface area contributed by atoms with Crippen LogP contribution in [0.1, 0.15) is 6.92 Å². The first-order valence-corrected chi connectivity index (χ1v) is 7.71. The summed E-state index contributed by atoms with van der Waals surface area (Å²) in [5.74, 6) is 0.100. The van der Waals surface area contributed by atoms with Crippen LogP contribution in [0.5, 0.6) is 0 Å². The highest BCUT2D eigenvalue weighted by Gasteiger charge is 2.13. The first-order valence-electron chi connectivity index (χ1n) is 5.18. The van der Waals surface area contributed by atoms with Crippen LogP contribution < -0.4 is 5.14 Å². The maximum atomic E-state index is 11.2. The highest BCUT2D eigenvalue weighted by Crippen LogP contribution is 2.22. The van der Waals surface area contributed by atoms with Gasteiger partial charge >= 0.3 is 5.97 Å². The van der Waals surface area contributed by atoms with Crippen LogP contribution in [0.2, 0.25) is 0 Å². The number of nitrogens with two attached hydrogens (primary N) is 1. The molecule has 0 fully saturated rings. The number of hydrogen-bond donors (Lipinski definition) is 1. The lowest BCUT2D eigenvalue weighted by Gasteiger charge is -2.08. The maximum absolute atomic E-state index is 11.2. The molecule has 0 aromatic heterocycles. The second-order valence-electron chi connectivity index (χ2n) is 3.75. The molecule has 1 unspecified atom stereocenters. The summed E-state index contributed by atoms with van der Waals surface area (Å²) < 4.78 is 26.7. The van der Waals surface area contributed by atoms with E-state index in [1.165, 1.54) is 31.0 Å². The molecule has 2 N–H and O–H groups in total. The zero-order valence-corrected chi connectivity index (χ0v) is 11.8. The predicted octanol–water partition coefficient (Wildman–Crippen LogP) is 1.24. The molecule has 1 aromatic carbocycles. The summed E-state index contributed by atoms with van der Waals surface area (Å²) in [5.41, 5.74) is 0. The minimum atomic E-state index is -3.65. The Bertz CT molecular complexity index is 510. The van der Waals surface area contributed by atoms with Crippen LogP contribution in [0.15, 0.2) is 34.1 Å². The van der Waals surface area contributed by atoms with E-state index in [-0.39, 0.29) is 16.8 Å². The molecular weight excluding hydrogens is 274 g/mol. The van der Waals surface area contributed by atoms with Crippen molar-refractivity contribution in [1.82, 2.24) is 0 Å². The number of benzene rings is 1. The molecule has 100 valence electrons. The van der Waals surface area contributed by atoms with Crippen molar-refractivity contribution in [3.05, 3.63) is 24.3 Å². The van der Waals surface area contributed by atoms with Gasteiger partial charge in [0.15, 0.2) is 0 Å². The molecule has 0 amide bonds. The molecule has 0 spiro atoms. The molecule has 5 nitrogen and oxygen atoms in total. The molecule has 18 heavy (non-hydrogen) atoms. The second-order valence-corrected chi connectivity index (χ2v) is 6.41. The van der Waals surface area contributed by atoms with Crippen LogP contribution in [0.4, 0.5) is 0 Å². The van der Waals surface area contributed by atoms with Crippen LogP contribution in [-0.4, -0.2) is 27.2 Å². The number of hydrogen-bond acceptors (Lipinski definition) is 5. The Morgan fingerprint density at radius 2 is 1.94 bits per heavy atom. The lowest BCUT2D eigenvalue weighted by molar-refractivity contribution is -0.143. The van der Waals surface area contributed by atoms with E-state index in [4.69, 9.17) is 5.14 Å². The summed E-state index contributed by atoms with van der Waals surface area (Å²) in [5, 5.41) is 4.99. The Morgan fingerprint density at radius 3 is 2.39 bits per heavy atom. The third kappa shape index (κ3) is 4.32. The Kier molecular flexibility index (Phi) is 5.18. The topological polar surface area (TPSA) is 86.5 Å². The first kappa shape index (κ1) is 15.0. The number of esters is 1. The van der Waals surface area contributed by atoms with Gasteiger partial charge in [-0.3, -0.25) is 4.79 Å². The largest absolute Gasteiger partial charge is 0.469 e. The molecule has 0 bridgehead atoms. The maximum Gasteiger partial charge on any atom is 0.309 e. The van der Waals surface area contributed by atoms with E-state index < -0.39 is 10.0 Å². The van der Waals surface area contributed by atoms with Gasteiger partial charge in [0.05, 0.1) is 17.9 Å². The molecule has 0 aliphatic rings. The highest BCUT2D eigenvalue weighted by atomic mass is 32.2. The molecule has 7 heteroatoms. The van der Waals surface area contributed by atoms with Crippen molar-refractivity contribution in [2.45, 2.75) is 16.7 Å². The monoisotopic (exact) mass is 289 g/mol. The Hall–Kier alpha value is -1.05. The SMILES string of the molecule is COC(=O)C(C)CSc1ccc(S(N)(=O)=O)cc1.